The summed E-state index contributed by atoms with van der Waals surface area (Å²) in [6.45, 7) is 2.87. The number of fused-ring (bicyclic) bond motifs is 1. The van der Waals surface area contributed by atoms with E-state index in [-0.39, 0.29) is 41.0 Å². The molecule has 1 aromatic heterocycles. The molecule has 0 spiro atoms. The van der Waals surface area contributed by atoms with Crippen LogP contribution in [0.15, 0.2) is 29.3 Å². The third-order valence-electron chi connectivity index (χ3n) is 6.42. The molecular formula is C23H30F3N5O8S2. The van der Waals surface area contributed by atoms with Gasteiger partial charge in [-0.2, -0.15) is 13.2 Å². The number of aromatic nitrogens is 2. The molecule has 0 bridgehead atoms. The summed E-state index contributed by atoms with van der Waals surface area (Å²) in [5.41, 5.74) is -2.94. The first-order valence-electron chi connectivity index (χ1n) is 12.5. The minimum Gasteiger partial charge on any atom is -0.485 e. The van der Waals surface area contributed by atoms with Gasteiger partial charge < -0.3 is 14.2 Å². The average Bonchev–Trinajstić information content (AvgIpc) is 3.66. The number of anilines is 2. The molecule has 0 saturated heterocycles. The number of rotatable bonds is 10. The van der Waals surface area contributed by atoms with Crippen molar-refractivity contribution in [2.75, 3.05) is 29.8 Å². The summed E-state index contributed by atoms with van der Waals surface area (Å²) in [5.74, 6) is -0.162. The monoisotopic (exact) mass is 625 g/mol. The molecule has 2 heterocycles. The van der Waals surface area contributed by atoms with Gasteiger partial charge in [0.25, 0.3) is 15.9 Å². The van der Waals surface area contributed by atoms with Crippen LogP contribution in [0, 0.1) is 0 Å². The van der Waals surface area contributed by atoms with Gasteiger partial charge in [-0.05, 0) is 51.8 Å². The van der Waals surface area contributed by atoms with E-state index in [2.05, 4.69) is 19.9 Å². The van der Waals surface area contributed by atoms with Crippen LogP contribution in [-0.4, -0.2) is 76.0 Å². The molecule has 2 N–H and O–H groups in total. The van der Waals surface area contributed by atoms with Crippen molar-refractivity contribution < 1.29 is 49.0 Å². The third-order valence-corrected chi connectivity index (χ3v) is 10.1. The fourth-order valence-corrected chi connectivity index (χ4v) is 6.86. The average molecular weight is 626 g/mol. The van der Waals surface area contributed by atoms with Crippen LogP contribution < -0.4 is 23.8 Å². The third kappa shape index (κ3) is 6.48. The highest BCUT2D eigenvalue weighted by Crippen LogP contribution is 2.41. The number of nitrogens with one attached hydrogen (secondary N) is 2. The molecular weight excluding hydrogens is 595 g/mol. The van der Waals surface area contributed by atoms with E-state index in [4.69, 9.17) is 9.47 Å². The van der Waals surface area contributed by atoms with Crippen LogP contribution in [0.4, 0.5) is 29.3 Å². The minimum atomic E-state index is -4.84. The lowest BCUT2D eigenvalue weighted by molar-refractivity contribution is -0.242. The van der Waals surface area contributed by atoms with Crippen LogP contribution >= 0.6 is 0 Å². The zero-order valence-corrected chi connectivity index (χ0v) is 24.2. The molecule has 2 aliphatic rings. The van der Waals surface area contributed by atoms with Gasteiger partial charge in [-0.15, -0.1) is 5.10 Å². The van der Waals surface area contributed by atoms with Gasteiger partial charge in [0.1, 0.15) is 11.9 Å². The zero-order chi connectivity index (χ0) is 30.4. The summed E-state index contributed by atoms with van der Waals surface area (Å²) in [6, 6.07) is 3.77. The SMILES string of the molecule is CCn1cc(S(=O)(=O)N2CC(CNS(=O)(=O)C3CC3)Oc3ccc(NC(=O)OC(C)(C)C(F)(F)F)cc32)c(OC)n1. The number of hydrogen-bond donors (Lipinski definition) is 2. The quantitative estimate of drug-likeness (QED) is 0.405. The maximum atomic E-state index is 13.9. The second-order valence-corrected chi connectivity index (χ2v) is 13.8. The van der Waals surface area contributed by atoms with Crippen LogP contribution in [0.2, 0.25) is 0 Å². The van der Waals surface area contributed by atoms with Crippen LogP contribution in [0.3, 0.4) is 0 Å². The lowest BCUT2D eigenvalue weighted by Crippen LogP contribution is -2.48. The Morgan fingerprint density at radius 2 is 1.88 bits per heavy atom. The first kappa shape index (κ1) is 30.7. The second kappa shape index (κ2) is 10.9. The van der Waals surface area contributed by atoms with Crippen molar-refractivity contribution in [3.63, 3.8) is 0 Å². The lowest BCUT2D eigenvalue weighted by atomic mass is 10.1. The Bertz CT molecular complexity index is 1520. The van der Waals surface area contributed by atoms with Crippen LogP contribution in [0.1, 0.15) is 33.6 Å². The molecule has 1 aromatic carbocycles. The van der Waals surface area contributed by atoms with Crippen molar-refractivity contribution in [3.8, 4) is 11.6 Å². The highest BCUT2D eigenvalue weighted by atomic mass is 32.2. The fraction of sp³-hybridized carbons (Fsp3) is 0.565. The highest BCUT2D eigenvalue weighted by Gasteiger charge is 2.51. The van der Waals surface area contributed by atoms with E-state index in [0.717, 1.165) is 4.31 Å². The first-order valence-corrected chi connectivity index (χ1v) is 15.5. The second-order valence-electron chi connectivity index (χ2n) is 9.93. The van der Waals surface area contributed by atoms with Crippen molar-refractivity contribution >= 4 is 37.5 Å². The predicted octanol–water partition coefficient (Wildman–Crippen LogP) is 2.84. The number of halogens is 3. The van der Waals surface area contributed by atoms with Gasteiger partial charge in [0.05, 0.1) is 24.6 Å². The Hall–Kier alpha value is -3.25. The Kier molecular flexibility index (Phi) is 8.14. The summed E-state index contributed by atoms with van der Waals surface area (Å²) >= 11 is 0. The van der Waals surface area contributed by atoms with Crippen molar-refractivity contribution in [2.45, 2.75) is 68.2 Å². The van der Waals surface area contributed by atoms with Gasteiger partial charge in [0.15, 0.2) is 4.90 Å². The van der Waals surface area contributed by atoms with Crippen LogP contribution in [-0.2, 0) is 31.3 Å². The number of amides is 1. The molecule has 13 nitrogen and oxygen atoms in total. The lowest BCUT2D eigenvalue weighted by Gasteiger charge is -2.35. The highest BCUT2D eigenvalue weighted by molar-refractivity contribution is 7.93. The van der Waals surface area contributed by atoms with Crippen molar-refractivity contribution in [3.05, 3.63) is 24.4 Å². The molecule has 1 aliphatic carbocycles. The Morgan fingerprint density at radius 1 is 1.20 bits per heavy atom. The zero-order valence-electron chi connectivity index (χ0n) is 22.6. The number of alkyl halides is 3. The van der Waals surface area contributed by atoms with E-state index in [1.54, 1.807) is 6.92 Å². The van der Waals surface area contributed by atoms with E-state index in [0.29, 0.717) is 33.2 Å². The molecule has 1 unspecified atom stereocenters. The van der Waals surface area contributed by atoms with Gasteiger partial charge in [-0.3, -0.25) is 14.3 Å². The molecule has 1 fully saturated rings. The van der Waals surface area contributed by atoms with Gasteiger partial charge >= 0.3 is 12.3 Å². The summed E-state index contributed by atoms with van der Waals surface area (Å²) in [4.78, 5) is 12.0. The maximum absolute atomic E-state index is 13.9. The van der Waals surface area contributed by atoms with E-state index in [1.165, 1.54) is 36.2 Å². The van der Waals surface area contributed by atoms with Crippen molar-refractivity contribution in [1.29, 1.82) is 0 Å². The van der Waals surface area contributed by atoms with E-state index < -0.39 is 49.3 Å². The predicted molar refractivity (Wildman–Crippen MR) is 140 cm³/mol. The molecule has 1 aliphatic heterocycles. The molecule has 228 valence electrons. The number of carbonyl (C=O) groups excluding carboxylic acids is 1. The number of aryl methyl sites for hydroxylation is 1. The van der Waals surface area contributed by atoms with Gasteiger partial charge in [-0.25, -0.2) is 26.4 Å². The number of sulfonamides is 2. The van der Waals surface area contributed by atoms with Crippen molar-refractivity contribution in [1.82, 2.24) is 14.5 Å². The topological polar surface area (TPSA) is 158 Å². The summed E-state index contributed by atoms with van der Waals surface area (Å²) in [7, 11) is -6.76. The molecule has 2 aromatic rings. The number of carbonyl (C=O) groups is 1. The summed E-state index contributed by atoms with van der Waals surface area (Å²) < 4.78 is 112. The first-order chi connectivity index (χ1) is 19.0. The van der Waals surface area contributed by atoms with Crippen molar-refractivity contribution in [2.24, 2.45) is 0 Å². The van der Waals surface area contributed by atoms with Gasteiger partial charge in [-0.1, -0.05) is 0 Å². The van der Waals surface area contributed by atoms with Crippen LogP contribution in [0.25, 0.3) is 0 Å². The van der Waals surface area contributed by atoms with E-state index in [9.17, 15) is 34.8 Å². The number of methoxy groups -OCH3 is 1. The molecule has 1 saturated carbocycles. The fourth-order valence-electron chi connectivity index (χ4n) is 3.85. The molecule has 0 radical (unpaired) electrons. The number of ether oxygens (including phenoxy) is 3. The minimum absolute atomic E-state index is 0.0202. The number of benzene rings is 1. The maximum Gasteiger partial charge on any atom is 0.427 e. The normalized spacial score (nSPS) is 17.9. The van der Waals surface area contributed by atoms with Gasteiger partial charge in [0.2, 0.25) is 15.6 Å². The van der Waals surface area contributed by atoms with Crippen LogP contribution in [0.5, 0.6) is 11.6 Å². The molecule has 1 atom stereocenters. The Labute approximate surface area is 235 Å². The number of nitrogens with zero attached hydrogens (tertiary/aromatic N) is 3. The smallest absolute Gasteiger partial charge is 0.427 e. The summed E-state index contributed by atoms with van der Waals surface area (Å²) in [6.07, 6.45) is -4.87. The Morgan fingerprint density at radius 3 is 2.46 bits per heavy atom. The molecule has 18 heteroatoms. The van der Waals surface area contributed by atoms with E-state index in [1.807, 2.05) is 0 Å². The molecule has 41 heavy (non-hydrogen) atoms. The summed E-state index contributed by atoms with van der Waals surface area (Å²) in [5, 5.41) is 5.76. The molecule has 4 rings (SSSR count). The van der Waals surface area contributed by atoms with Gasteiger partial charge in [0, 0.05) is 25.0 Å². The largest absolute Gasteiger partial charge is 0.485 e. The number of hydrogen-bond acceptors (Lipinski definition) is 9. The Balaban J connectivity index is 1.67. The molecule has 1 amide bonds. The van der Waals surface area contributed by atoms with E-state index >= 15 is 0 Å². The standard InChI is InChI=1S/C23H30F3N5O8S2/c1-5-30-13-19(20(29-30)37-4)41(35,36)31-12-15(11-27-40(33,34)16-7-8-16)38-18-9-6-14(10-17(18)31)28-21(32)39-22(2,3)23(24,25)26/h6,9-10,13,15-16,27H,5,7-8,11-12H2,1-4H3,(H,28,32).